The van der Waals surface area contributed by atoms with Gasteiger partial charge in [-0.1, -0.05) is 36.4 Å². The van der Waals surface area contributed by atoms with Gasteiger partial charge in [-0.2, -0.15) is 0 Å². The zero-order chi connectivity index (χ0) is 19.7. The second-order valence-electron chi connectivity index (χ2n) is 4.18. The number of benzene rings is 2. The molecule has 0 spiro atoms. The molecule has 0 amide bonds. The minimum Gasteiger partial charge on any atom is -0.213 e. The van der Waals surface area contributed by atoms with Crippen LogP contribution in [0.3, 0.4) is 0 Å². The third-order valence-electron chi connectivity index (χ3n) is 2.05. The fourth-order valence-corrected chi connectivity index (χ4v) is 3.09. The first-order valence-electron chi connectivity index (χ1n) is 6.10. The molecule has 140 valence electrons. The summed E-state index contributed by atoms with van der Waals surface area (Å²) in [4.78, 5) is 0.423. The summed E-state index contributed by atoms with van der Waals surface area (Å²) in [6.45, 7) is 0. The highest BCUT2D eigenvalue weighted by atomic mass is 79.9. The highest BCUT2D eigenvalue weighted by molar-refractivity contribution is 9.47. The van der Waals surface area contributed by atoms with E-state index < -0.39 is 26.4 Å². The Bertz CT molecular complexity index is 885. The van der Waals surface area contributed by atoms with Crippen LogP contribution in [0, 0.1) is 0 Å². The van der Waals surface area contributed by atoms with Gasteiger partial charge in [-0.15, -0.1) is 0 Å². The van der Waals surface area contributed by atoms with Crippen molar-refractivity contribution in [1.29, 1.82) is 0 Å². The van der Waals surface area contributed by atoms with Crippen LogP contribution < -0.4 is 0 Å². The molecular formula is C13H13BrCl2O6S3. The fraction of sp³-hybridized carbons (Fsp3) is 0.0769. The van der Waals surface area contributed by atoms with Crippen LogP contribution in [-0.2, 0) is 26.4 Å². The van der Waals surface area contributed by atoms with Crippen molar-refractivity contribution >= 4 is 62.5 Å². The predicted octanol–water partition coefficient (Wildman–Crippen LogP) is 3.57. The Morgan fingerprint density at radius 1 is 0.680 bits per heavy atom. The summed E-state index contributed by atoms with van der Waals surface area (Å²) in [5.74, 6) is 0. The molecule has 0 aliphatic heterocycles. The molecular weight excluding hydrogens is 499 g/mol. The van der Waals surface area contributed by atoms with Gasteiger partial charge >= 0.3 is 0 Å². The quantitative estimate of drug-likeness (QED) is 0.571. The van der Waals surface area contributed by atoms with Gasteiger partial charge in [0, 0.05) is 21.4 Å². The Labute approximate surface area is 163 Å². The van der Waals surface area contributed by atoms with E-state index in [2.05, 4.69) is 25.5 Å². The molecule has 0 saturated carbocycles. The lowest BCUT2D eigenvalue weighted by molar-refractivity contribution is 0.608. The van der Waals surface area contributed by atoms with Crippen molar-refractivity contribution in [2.75, 3.05) is 6.26 Å². The van der Waals surface area contributed by atoms with E-state index >= 15 is 0 Å². The number of hydrogen-bond donors (Lipinski definition) is 0. The standard InChI is InChI=1S/C6H5BrO2S.C6H5ClO2S.CH3ClO2S/c2*7-10(8,9)6-4-2-1-3-5-6;1-5(2,3)4/h2*1-5H;1H3. The molecule has 0 bridgehead atoms. The molecule has 2 rings (SSSR count). The minimum absolute atomic E-state index is 0.136. The molecule has 0 unspecified atom stereocenters. The summed E-state index contributed by atoms with van der Waals surface area (Å²) < 4.78 is 61.5. The molecule has 0 fully saturated rings. The van der Waals surface area contributed by atoms with E-state index in [-0.39, 0.29) is 9.79 Å². The van der Waals surface area contributed by atoms with E-state index in [9.17, 15) is 25.3 Å². The molecule has 0 radical (unpaired) electrons. The van der Waals surface area contributed by atoms with Crippen molar-refractivity contribution in [2.45, 2.75) is 9.79 Å². The predicted molar refractivity (Wildman–Crippen MR) is 103 cm³/mol. The van der Waals surface area contributed by atoms with Crippen LogP contribution in [0.5, 0.6) is 0 Å². The molecule has 0 heterocycles. The topological polar surface area (TPSA) is 102 Å². The molecule has 25 heavy (non-hydrogen) atoms. The van der Waals surface area contributed by atoms with Crippen LogP contribution in [0.4, 0.5) is 0 Å². The summed E-state index contributed by atoms with van der Waals surface area (Å²) in [5, 5.41) is 0. The van der Waals surface area contributed by atoms with Crippen molar-refractivity contribution in [3.63, 3.8) is 0 Å². The average Bonchev–Trinajstić information content (AvgIpc) is 2.46. The van der Waals surface area contributed by atoms with Gasteiger partial charge in [-0.3, -0.25) is 0 Å². The third kappa shape index (κ3) is 14.2. The summed E-state index contributed by atoms with van der Waals surface area (Å²) in [6, 6.07) is 16.0. The Morgan fingerprint density at radius 3 is 1.12 bits per heavy atom. The molecule has 0 atom stereocenters. The summed E-state index contributed by atoms with van der Waals surface area (Å²) in [6.07, 6.45) is 0.925. The molecule has 0 saturated heterocycles. The van der Waals surface area contributed by atoms with Crippen LogP contribution in [0.25, 0.3) is 0 Å². The molecule has 12 heteroatoms. The zero-order valence-corrected chi connectivity index (χ0v) is 18.1. The second kappa shape index (κ2) is 10.5. The Hall–Kier alpha value is -0.650. The SMILES string of the molecule is CS(=O)(=O)Cl.O=S(=O)(Br)c1ccccc1.O=S(=O)(Cl)c1ccccc1. The molecule has 2 aromatic rings. The number of rotatable bonds is 2. The van der Waals surface area contributed by atoms with Gasteiger partial charge in [0.2, 0.25) is 17.3 Å². The van der Waals surface area contributed by atoms with Crippen molar-refractivity contribution in [1.82, 2.24) is 0 Å². The van der Waals surface area contributed by atoms with Gasteiger partial charge in [0.25, 0.3) is 9.05 Å². The summed E-state index contributed by atoms with van der Waals surface area (Å²) >= 11 is 2.56. The first-order valence-corrected chi connectivity index (χ1v) is 14.5. The first-order chi connectivity index (χ1) is 11.2. The first kappa shape index (κ1) is 24.4. The number of hydrogen-bond acceptors (Lipinski definition) is 6. The second-order valence-corrected chi connectivity index (χ2v) is 13.7. The lowest BCUT2D eigenvalue weighted by Crippen LogP contribution is -1.87. The van der Waals surface area contributed by atoms with Gasteiger partial charge in [0.15, 0.2) is 0 Å². The van der Waals surface area contributed by atoms with Crippen LogP contribution in [0.1, 0.15) is 0 Å². The summed E-state index contributed by atoms with van der Waals surface area (Å²) in [7, 11) is -0.382. The highest BCUT2D eigenvalue weighted by Gasteiger charge is 2.06. The maximum absolute atomic E-state index is 10.7. The third-order valence-corrected chi connectivity index (χ3v) is 5.38. The normalized spacial score (nSPS) is 11.4. The van der Waals surface area contributed by atoms with Crippen LogP contribution in [0.2, 0.25) is 0 Å². The molecule has 6 nitrogen and oxygen atoms in total. The van der Waals surface area contributed by atoms with Gasteiger partial charge in [0.1, 0.15) is 0 Å². The van der Waals surface area contributed by atoms with Crippen LogP contribution >= 0.6 is 36.2 Å². The highest BCUT2D eigenvalue weighted by Crippen LogP contribution is 2.14. The van der Waals surface area contributed by atoms with E-state index in [1.54, 1.807) is 36.4 Å². The zero-order valence-electron chi connectivity index (χ0n) is 12.6. The lowest BCUT2D eigenvalue weighted by atomic mass is 10.4. The van der Waals surface area contributed by atoms with E-state index in [0.29, 0.717) is 0 Å². The van der Waals surface area contributed by atoms with Crippen molar-refractivity contribution in [2.24, 2.45) is 0 Å². The van der Waals surface area contributed by atoms with Crippen molar-refractivity contribution in [3.05, 3.63) is 60.7 Å². The van der Waals surface area contributed by atoms with E-state index in [4.69, 9.17) is 10.7 Å². The van der Waals surface area contributed by atoms with Gasteiger partial charge in [-0.25, -0.2) is 25.3 Å². The van der Waals surface area contributed by atoms with Gasteiger partial charge in [0.05, 0.1) is 30.9 Å². The lowest BCUT2D eigenvalue weighted by Gasteiger charge is -1.91. The Kier molecular flexibility index (Phi) is 10.2. The monoisotopic (exact) mass is 510 g/mol. The van der Waals surface area contributed by atoms with Crippen LogP contribution in [0.15, 0.2) is 70.5 Å². The fourth-order valence-electron chi connectivity index (χ4n) is 1.17. The summed E-state index contributed by atoms with van der Waals surface area (Å²) in [5.41, 5.74) is 0. The molecule has 0 aliphatic carbocycles. The molecule has 0 aromatic heterocycles. The molecule has 2 aromatic carbocycles. The molecule has 0 aliphatic rings. The molecule has 0 N–H and O–H groups in total. The van der Waals surface area contributed by atoms with E-state index in [0.717, 1.165) is 6.26 Å². The van der Waals surface area contributed by atoms with Crippen molar-refractivity contribution < 1.29 is 25.3 Å². The smallest absolute Gasteiger partial charge is 0.213 e. The van der Waals surface area contributed by atoms with Gasteiger partial charge < -0.3 is 0 Å². The van der Waals surface area contributed by atoms with Crippen molar-refractivity contribution in [3.8, 4) is 0 Å². The minimum atomic E-state index is -3.53. The largest absolute Gasteiger partial charge is 0.261 e. The maximum Gasteiger partial charge on any atom is 0.261 e. The van der Waals surface area contributed by atoms with Gasteiger partial charge in [-0.05, 0) is 24.3 Å². The maximum atomic E-state index is 10.7. The Balaban J connectivity index is 0.000000368. The Morgan fingerprint density at radius 2 is 0.960 bits per heavy atom. The number of halogens is 3. The average molecular weight is 512 g/mol. The van der Waals surface area contributed by atoms with E-state index in [1.807, 2.05) is 0 Å². The van der Waals surface area contributed by atoms with Crippen LogP contribution in [-0.4, -0.2) is 31.5 Å². The van der Waals surface area contributed by atoms with E-state index in [1.165, 1.54) is 24.3 Å².